The Labute approximate surface area is 150 Å². The first-order valence-corrected chi connectivity index (χ1v) is 9.67. The number of carbonyl (C=O) groups excluding carboxylic acids is 1. The zero-order valence-electron chi connectivity index (χ0n) is 13.9. The maximum Gasteiger partial charge on any atom is 0.248 e. The van der Waals surface area contributed by atoms with Gasteiger partial charge in [0.25, 0.3) is 0 Å². The number of nitrogens with zero attached hydrogens (tertiary/aromatic N) is 1. The molecule has 1 fully saturated rings. The van der Waals surface area contributed by atoms with Crippen LogP contribution in [0.2, 0.25) is 0 Å². The summed E-state index contributed by atoms with van der Waals surface area (Å²) in [6.45, 7) is 0.0665. The molecule has 2 heterocycles. The van der Waals surface area contributed by atoms with Crippen molar-refractivity contribution in [1.29, 1.82) is 0 Å². The lowest BCUT2D eigenvalue weighted by Crippen LogP contribution is -2.16. The van der Waals surface area contributed by atoms with E-state index in [9.17, 15) is 9.90 Å². The largest absolute Gasteiger partial charge is 0.394 e. The molecule has 1 aliphatic carbocycles. The summed E-state index contributed by atoms with van der Waals surface area (Å²) in [4.78, 5) is 19.7. The third kappa shape index (κ3) is 3.26. The number of aliphatic imine (C=N–C) groups is 1. The van der Waals surface area contributed by atoms with E-state index in [-0.39, 0.29) is 12.6 Å². The van der Waals surface area contributed by atoms with Crippen LogP contribution in [-0.4, -0.2) is 45.5 Å². The molecular weight excluding hydrogens is 336 g/mol. The SMILES string of the molecule is NC(=O)c1cc(NC2CCCC2)c2[nH]c(C3=N[C@H](CO)CS3)cc2c1. The Morgan fingerprint density at radius 1 is 1.36 bits per heavy atom. The van der Waals surface area contributed by atoms with Crippen molar-refractivity contribution in [3.8, 4) is 0 Å². The van der Waals surface area contributed by atoms with E-state index in [0.29, 0.717) is 11.6 Å². The minimum absolute atomic E-state index is 0.0383. The number of aromatic amines is 1. The number of thioether (sulfide) groups is 1. The molecule has 2 aromatic rings. The van der Waals surface area contributed by atoms with E-state index in [1.54, 1.807) is 11.8 Å². The molecule has 0 bridgehead atoms. The highest BCUT2D eigenvalue weighted by Gasteiger charge is 2.22. The summed E-state index contributed by atoms with van der Waals surface area (Å²) in [6.07, 6.45) is 4.78. The number of nitrogens with two attached hydrogens (primary N) is 1. The number of nitrogens with one attached hydrogen (secondary N) is 2. The Hall–Kier alpha value is -1.99. The minimum atomic E-state index is -0.424. The lowest BCUT2D eigenvalue weighted by atomic mass is 10.1. The fourth-order valence-corrected chi connectivity index (χ4v) is 4.58. The van der Waals surface area contributed by atoms with Gasteiger partial charge in [-0.3, -0.25) is 9.79 Å². The maximum atomic E-state index is 11.7. The van der Waals surface area contributed by atoms with E-state index in [1.807, 2.05) is 18.2 Å². The molecule has 1 saturated carbocycles. The average Bonchev–Trinajstić information content (AvgIpc) is 3.34. The molecule has 1 aromatic heterocycles. The fraction of sp³-hybridized carbons (Fsp3) is 0.444. The molecule has 7 heteroatoms. The Morgan fingerprint density at radius 2 is 2.16 bits per heavy atom. The molecule has 4 rings (SSSR count). The highest BCUT2D eigenvalue weighted by Crippen LogP contribution is 2.32. The van der Waals surface area contributed by atoms with E-state index in [4.69, 9.17) is 5.73 Å². The van der Waals surface area contributed by atoms with Gasteiger partial charge in [0.1, 0.15) is 5.04 Å². The maximum absolute atomic E-state index is 11.7. The number of hydrogen-bond acceptors (Lipinski definition) is 5. The normalized spacial score (nSPS) is 21.0. The molecule has 25 heavy (non-hydrogen) atoms. The van der Waals surface area contributed by atoms with Gasteiger partial charge in [-0.1, -0.05) is 12.8 Å². The lowest BCUT2D eigenvalue weighted by Gasteiger charge is -2.15. The van der Waals surface area contributed by atoms with Crippen LogP contribution in [0.25, 0.3) is 10.9 Å². The van der Waals surface area contributed by atoms with Crippen LogP contribution in [-0.2, 0) is 0 Å². The van der Waals surface area contributed by atoms with Crippen molar-refractivity contribution in [1.82, 2.24) is 4.98 Å². The van der Waals surface area contributed by atoms with Crippen LogP contribution in [0.4, 0.5) is 5.69 Å². The van der Waals surface area contributed by atoms with Crippen LogP contribution >= 0.6 is 11.8 Å². The molecule has 1 amide bonds. The van der Waals surface area contributed by atoms with Crippen molar-refractivity contribution in [2.75, 3.05) is 17.7 Å². The molecule has 5 N–H and O–H groups in total. The molecule has 1 atom stereocenters. The first-order valence-electron chi connectivity index (χ1n) is 8.69. The van der Waals surface area contributed by atoms with Crippen molar-refractivity contribution in [3.05, 3.63) is 29.5 Å². The average molecular weight is 358 g/mol. The minimum Gasteiger partial charge on any atom is -0.394 e. The van der Waals surface area contributed by atoms with E-state index in [1.165, 1.54) is 12.8 Å². The van der Waals surface area contributed by atoms with Gasteiger partial charge in [0, 0.05) is 22.7 Å². The van der Waals surface area contributed by atoms with E-state index in [2.05, 4.69) is 15.3 Å². The Kier molecular flexibility index (Phi) is 4.43. The van der Waals surface area contributed by atoms with Gasteiger partial charge in [0.15, 0.2) is 0 Å². The van der Waals surface area contributed by atoms with Crippen molar-refractivity contribution >= 4 is 39.3 Å². The smallest absolute Gasteiger partial charge is 0.248 e. The van der Waals surface area contributed by atoms with Gasteiger partial charge in [-0.15, -0.1) is 11.8 Å². The third-order valence-corrected chi connectivity index (χ3v) is 6.03. The number of aliphatic hydroxyl groups is 1. The Morgan fingerprint density at radius 3 is 2.84 bits per heavy atom. The summed E-state index contributed by atoms with van der Waals surface area (Å²) in [5.41, 5.74) is 8.84. The second kappa shape index (κ2) is 6.72. The predicted molar refractivity (Wildman–Crippen MR) is 103 cm³/mol. The number of rotatable bonds is 5. The van der Waals surface area contributed by atoms with Gasteiger partial charge in [0.2, 0.25) is 5.91 Å². The van der Waals surface area contributed by atoms with Crippen LogP contribution in [0.15, 0.2) is 23.2 Å². The highest BCUT2D eigenvalue weighted by atomic mass is 32.2. The van der Waals surface area contributed by atoms with Crippen molar-refractivity contribution < 1.29 is 9.90 Å². The number of hydrogen-bond donors (Lipinski definition) is 4. The predicted octanol–water partition coefficient (Wildman–Crippen LogP) is 2.48. The first-order chi connectivity index (χ1) is 12.1. The monoisotopic (exact) mass is 358 g/mol. The second-order valence-electron chi connectivity index (χ2n) is 6.74. The Balaban J connectivity index is 1.75. The number of H-pyrrole nitrogens is 1. The summed E-state index contributed by atoms with van der Waals surface area (Å²) in [5, 5.41) is 14.7. The molecule has 0 spiro atoms. The molecule has 0 saturated heterocycles. The molecule has 0 radical (unpaired) electrons. The third-order valence-electron chi connectivity index (χ3n) is 4.88. The van der Waals surface area contributed by atoms with Gasteiger partial charge < -0.3 is 21.1 Å². The highest BCUT2D eigenvalue weighted by molar-refractivity contribution is 8.14. The van der Waals surface area contributed by atoms with Crippen LogP contribution in [0.3, 0.4) is 0 Å². The zero-order chi connectivity index (χ0) is 17.4. The second-order valence-corrected chi connectivity index (χ2v) is 7.75. The number of benzene rings is 1. The Bertz CT molecular complexity index is 839. The fourth-order valence-electron chi connectivity index (χ4n) is 3.56. The van der Waals surface area contributed by atoms with Crippen molar-refractivity contribution in [3.63, 3.8) is 0 Å². The summed E-state index contributed by atoms with van der Waals surface area (Å²) in [7, 11) is 0. The molecule has 2 aliphatic rings. The van der Waals surface area contributed by atoms with E-state index < -0.39 is 5.91 Å². The number of amides is 1. The summed E-state index contributed by atoms with van der Waals surface area (Å²) < 4.78 is 0. The topological polar surface area (TPSA) is 104 Å². The number of carbonyl (C=O) groups is 1. The number of fused-ring (bicyclic) bond motifs is 1. The van der Waals surface area contributed by atoms with E-state index >= 15 is 0 Å². The van der Waals surface area contributed by atoms with Gasteiger partial charge in [0.05, 0.1) is 29.5 Å². The number of aromatic nitrogens is 1. The number of anilines is 1. The molecular formula is C18H22N4O2S. The summed E-state index contributed by atoms with van der Waals surface area (Å²) in [6, 6.07) is 6.07. The molecule has 1 aromatic carbocycles. The summed E-state index contributed by atoms with van der Waals surface area (Å²) >= 11 is 1.64. The van der Waals surface area contributed by atoms with Gasteiger partial charge in [-0.2, -0.15) is 0 Å². The zero-order valence-corrected chi connectivity index (χ0v) is 14.7. The van der Waals surface area contributed by atoms with Gasteiger partial charge in [-0.05, 0) is 31.0 Å². The van der Waals surface area contributed by atoms with Crippen molar-refractivity contribution in [2.45, 2.75) is 37.8 Å². The van der Waals surface area contributed by atoms with Gasteiger partial charge in [-0.25, -0.2) is 0 Å². The van der Waals surface area contributed by atoms with E-state index in [0.717, 1.165) is 45.9 Å². The lowest BCUT2D eigenvalue weighted by molar-refractivity contribution is 0.100. The summed E-state index contributed by atoms with van der Waals surface area (Å²) in [5.74, 6) is 0.369. The quantitative estimate of drug-likeness (QED) is 0.659. The first kappa shape index (κ1) is 16.5. The molecule has 1 aliphatic heterocycles. The van der Waals surface area contributed by atoms with Gasteiger partial charge >= 0.3 is 0 Å². The molecule has 0 unspecified atom stereocenters. The number of aliphatic hydroxyl groups excluding tert-OH is 1. The number of primary amides is 1. The molecule has 6 nitrogen and oxygen atoms in total. The van der Waals surface area contributed by atoms with Crippen LogP contribution in [0.1, 0.15) is 41.7 Å². The van der Waals surface area contributed by atoms with Crippen LogP contribution in [0.5, 0.6) is 0 Å². The van der Waals surface area contributed by atoms with Crippen molar-refractivity contribution in [2.24, 2.45) is 10.7 Å². The standard InChI is InChI=1S/C18H22N4O2S/c19-17(24)11-5-10-6-15(18-21-13(8-23)9-25-18)22-16(10)14(7-11)20-12-3-1-2-4-12/h5-7,12-13,20,22-23H,1-4,8-9H2,(H2,19,24)/t13-/m1/s1. The van der Waals surface area contributed by atoms with Crippen LogP contribution < -0.4 is 11.1 Å². The van der Waals surface area contributed by atoms with Crippen LogP contribution in [0, 0.1) is 0 Å². The molecule has 132 valence electrons.